The number of nitrogens with zero attached hydrogens (tertiary/aromatic N) is 1. The minimum absolute atomic E-state index is 0.216. The topological polar surface area (TPSA) is 52.9 Å². The highest BCUT2D eigenvalue weighted by molar-refractivity contribution is 5.99. The lowest BCUT2D eigenvalue weighted by Crippen LogP contribution is -2.09. The molecule has 3 nitrogen and oxygen atoms in total. The fraction of sp³-hybridized carbons (Fsp3) is 0.231. The van der Waals surface area contributed by atoms with Crippen LogP contribution in [0.2, 0.25) is 0 Å². The largest absolute Gasteiger partial charge is 0.322 e. The molecule has 1 aliphatic carbocycles. The van der Waals surface area contributed by atoms with Crippen LogP contribution in [0.15, 0.2) is 30.9 Å². The highest BCUT2D eigenvalue weighted by Gasteiger charge is 2.26. The lowest BCUT2D eigenvalue weighted by atomic mass is 10.0. The molecule has 16 heavy (non-hydrogen) atoms. The second-order valence-corrected chi connectivity index (χ2v) is 3.88. The third kappa shape index (κ3) is 2.12. The molecule has 0 bridgehead atoms. The van der Waals surface area contributed by atoms with Crippen molar-refractivity contribution in [3.63, 3.8) is 0 Å². The molecule has 0 heterocycles. The van der Waals surface area contributed by atoms with Crippen molar-refractivity contribution in [1.82, 2.24) is 0 Å². The van der Waals surface area contributed by atoms with Crippen LogP contribution in [0.1, 0.15) is 29.9 Å². The van der Waals surface area contributed by atoms with Crippen LogP contribution in [0.3, 0.4) is 0 Å². The van der Waals surface area contributed by atoms with Gasteiger partial charge in [0, 0.05) is 5.69 Å². The van der Waals surface area contributed by atoms with Crippen LogP contribution in [-0.2, 0) is 4.79 Å². The monoisotopic (exact) mass is 212 g/mol. The summed E-state index contributed by atoms with van der Waals surface area (Å²) in [6.07, 6.45) is 3.51. The van der Waals surface area contributed by atoms with Crippen LogP contribution >= 0.6 is 0 Å². The van der Waals surface area contributed by atoms with E-state index in [0.717, 1.165) is 24.1 Å². The highest BCUT2D eigenvalue weighted by atomic mass is 16.1. The van der Waals surface area contributed by atoms with Crippen LogP contribution in [0.5, 0.6) is 0 Å². The molecule has 1 amide bonds. The van der Waals surface area contributed by atoms with E-state index in [4.69, 9.17) is 5.26 Å². The van der Waals surface area contributed by atoms with Crippen molar-refractivity contribution in [3.05, 3.63) is 42.0 Å². The molecule has 1 fully saturated rings. The minimum Gasteiger partial charge on any atom is -0.322 e. The van der Waals surface area contributed by atoms with Crippen LogP contribution in [-0.4, -0.2) is 5.91 Å². The number of rotatable bonds is 3. The first-order chi connectivity index (χ1) is 7.74. The summed E-state index contributed by atoms with van der Waals surface area (Å²) in [5, 5.41) is 11.6. The molecule has 0 aliphatic heterocycles. The zero-order valence-corrected chi connectivity index (χ0v) is 8.86. The minimum atomic E-state index is -0.216. The van der Waals surface area contributed by atoms with Crippen LogP contribution in [0.4, 0.5) is 5.69 Å². The summed E-state index contributed by atoms with van der Waals surface area (Å²) in [5.41, 5.74) is 2.50. The number of carbonyl (C=O) groups is 1. The molecule has 0 aromatic heterocycles. The Hall–Kier alpha value is -2.08. The summed E-state index contributed by atoms with van der Waals surface area (Å²) < 4.78 is 0. The molecule has 0 spiro atoms. The summed E-state index contributed by atoms with van der Waals surface area (Å²) in [4.78, 5) is 11.2. The molecule has 80 valence electrons. The Bertz CT molecular complexity index is 481. The number of amides is 1. The zero-order chi connectivity index (χ0) is 11.5. The molecule has 1 aromatic carbocycles. The van der Waals surface area contributed by atoms with Crippen LogP contribution < -0.4 is 5.32 Å². The van der Waals surface area contributed by atoms with Crippen molar-refractivity contribution < 1.29 is 4.79 Å². The quantitative estimate of drug-likeness (QED) is 0.783. The summed E-state index contributed by atoms with van der Waals surface area (Å²) in [6, 6.07) is 7.47. The van der Waals surface area contributed by atoms with Crippen molar-refractivity contribution in [3.8, 4) is 6.07 Å². The molecule has 1 N–H and O–H groups in total. The third-order valence-corrected chi connectivity index (χ3v) is 2.64. The first-order valence-electron chi connectivity index (χ1n) is 5.22. The maximum atomic E-state index is 11.2. The molecule has 1 aliphatic rings. The van der Waals surface area contributed by atoms with E-state index in [1.807, 2.05) is 6.07 Å². The van der Waals surface area contributed by atoms with E-state index in [0.29, 0.717) is 11.5 Å². The van der Waals surface area contributed by atoms with Gasteiger partial charge in [-0.3, -0.25) is 4.79 Å². The lowest BCUT2D eigenvalue weighted by molar-refractivity contribution is -0.111. The van der Waals surface area contributed by atoms with Gasteiger partial charge in [0.1, 0.15) is 0 Å². The van der Waals surface area contributed by atoms with Crippen molar-refractivity contribution >= 4 is 11.6 Å². The second-order valence-electron chi connectivity index (χ2n) is 3.88. The van der Waals surface area contributed by atoms with Gasteiger partial charge in [0.05, 0.1) is 11.6 Å². The molecule has 1 saturated carbocycles. The van der Waals surface area contributed by atoms with Crippen molar-refractivity contribution in [2.24, 2.45) is 0 Å². The van der Waals surface area contributed by atoms with E-state index >= 15 is 0 Å². The maximum absolute atomic E-state index is 11.2. The number of nitriles is 1. The van der Waals surface area contributed by atoms with Gasteiger partial charge in [0.2, 0.25) is 5.91 Å². The Morgan fingerprint density at radius 1 is 1.56 bits per heavy atom. The van der Waals surface area contributed by atoms with Gasteiger partial charge in [-0.2, -0.15) is 5.26 Å². The average Bonchev–Trinajstić information content (AvgIpc) is 3.13. The van der Waals surface area contributed by atoms with Gasteiger partial charge in [0.15, 0.2) is 0 Å². The molecular formula is C13H12N2O. The van der Waals surface area contributed by atoms with Crippen LogP contribution in [0.25, 0.3) is 0 Å². The van der Waals surface area contributed by atoms with Gasteiger partial charge in [-0.25, -0.2) is 0 Å². The van der Waals surface area contributed by atoms with E-state index in [1.165, 1.54) is 6.08 Å². The molecular weight excluding hydrogens is 200 g/mol. The van der Waals surface area contributed by atoms with Gasteiger partial charge >= 0.3 is 0 Å². The average molecular weight is 212 g/mol. The van der Waals surface area contributed by atoms with E-state index < -0.39 is 0 Å². The van der Waals surface area contributed by atoms with Gasteiger partial charge < -0.3 is 5.32 Å². The second kappa shape index (κ2) is 4.19. The summed E-state index contributed by atoms with van der Waals surface area (Å²) in [5.74, 6) is 0.278. The molecule has 1 aromatic rings. The molecule has 0 atom stereocenters. The number of hydrogen-bond acceptors (Lipinski definition) is 2. The molecule has 0 radical (unpaired) electrons. The SMILES string of the molecule is C=CC(=O)Nc1ccc(C#N)cc1C1CC1. The van der Waals surface area contributed by atoms with Crippen molar-refractivity contribution in [2.45, 2.75) is 18.8 Å². The number of benzene rings is 1. The molecule has 0 unspecified atom stereocenters. The Morgan fingerprint density at radius 3 is 2.88 bits per heavy atom. The predicted octanol–water partition coefficient (Wildman–Crippen LogP) is 2.56. The van der Waals surface area contributed by atoms with Crippen molar-refractivity contribution in [2.75, 3.05) is 5.32 Å². The Morgan fingerprint density at radius 2 is 2.31 bits per heavy atom. The third-order valence-electron chi connectivity index (χ3n) is 2.64. The van der Waals surface area contributed by atoms with Gasteiger partial charge in [0.25, 0.3) is 0 Å². The first kappa shape index (κ1) is 10.4. The Kier molecular flexibility index (Phi) is 2.74. The van der Waals surface area contributed by atoms with E-state index in [9.17, 15) is 4.79 Å². The molecule has 3 heteroatoms. The van der Waals surface area contributed by atoms with Crippen LogP contribution in [0, 0.1) is 11.3 Å². The summed E-state index contributed by atoms with van der Waals surface area (Å²) >= 11 is 0. The standard InChI is InChI=1S/C13H12N2O/c1-2-13(16)15-12-6-3-9(8-14)7-11(12)10-4-5-10/h2-3,6-7,10H,1,4-5H2,(H,15,16). The molecule has 0 saturated heterocycles. The predicted molar refractivity (Wildman–Crippen MR) is 62.0 cm³/mol. The maximum Gasteiger partial charge on any atom is 0.247 e. The smallest absolute Gasteiger partial charge is 0.247 e. The lowest BCUT2D eigenvalue weighted by Gasteiger charge is -2.09. The first-order valence-corrected chi connectivity index (χ1v) is 5.22. The number of hydrogen-bond donors (Lipinski definition) is 1. The number of anilines is 1. The van der Waals surface area contributed by atoms with Gasteiger partial charge in [-0.1, -0.05) is 6.58 Å². The fourth-order valence-corrected chi connectivity index (χ4v) is 1.66. The number of carbonyl (C=O) groups excluding carboxylic acids is 1. The Labute approximate surface area is 94.4 Å². The summed E-state index contributed by atoms with van der Waals surface area (Å²) in [7, 11) is 0. The van der Waals surface area contributed by atoms with E-state index in [-0.39, 0.29) is 5.91 Å². The normalized spacial score (nSPS) is 13.9. The Balaban J connectivity index is 2.33. The van der Waals surface area contributed by atoms with Crippen molar-refractivity contribution in [1.29, 1.82) is 5.26 Å². The fourth-order valence-electron chi connectivity index (χ4n) is 1.66. The molecule has 2 rings (SSSR count). The number of nitrogens with one attached hydrogen (secondary N) is 1. The van der Waals surface area contributed by atoms with Gasteiger partial charge in [-0.05, 0) is 48.6 Å². The van der Waals surface area contributed by atoms with Gasteiger partial charge in [-0.15, -0.1) is 0 Å². The zero-order valence-electron chi connectivity index (χ0n) is 8.86. The van der Waals surface area contributed by atoms with E-state index in [2.05, 4.69) is 18.0 Å². The van der Waals surface area contributed by atoms with E-state index in [1.54, 1.807) is 12.1 Å². The summed E-state index contributed by atoms with van der Waals surface area (Å²) in [6.45, 7) is 3.42. The highest BCUT2D eigenvalue weighted by Crippen LogP contribution is 2.43.